The Labute approximate surface area is 265 Å². The number of piperidine rings is 1. The van der Waals surface area contributed by atoms with Crippen molar-refractivity contribution in [3.63, 3.8) is 0 Å². The number of nitrogen functional groups attached to an aromatic ring is 1. The number of carbonyl (C=O) groups excluding carboxylic acids is 2. The van der Waals surface area contributed by atoms with E-state index in [2.05, 4.69) is 21.0 Å². The lowest BCUT2D eigenvalue weighted by atomic mass is 10.1. The first-order chi connectivity index (χ1) is 21.8. The Morgan fingerprint density at radius 2 is 1.69 bits per heavy atom. The van der Waals surface area contributed by atoms with Crippen molar-refractivity contribution in [3.05, 3.63) is 84.1 Å². The molecule has 238 valence electrons. The van der Waals surface area contributed by atoms with Gasteiger partial charge in [-0.25, -0.2) is 9.59 Å². The number of hydroxylamine groups is 1. The molecular weight excluding hydrogens is 566 g/mol. The maximum absolute atomic E-state index is 13.4. The zero-order valence-electron chi connectivity index (χ0n) is 26.6. The van der Waals surface area contributed by atoms with E-state index in [0.29, 0.717) is 28.4 Å². The van der Waals surface area contributed by atoms with Gasteiger partial charge in [0.15, 0.2) is 0 Å². The smallest absolute Gasteiger partial charge is 0.363 e. The largest absolute Gasteiger partial charge is 0.457 e. The molecule has 9 heteroatoms. The monoisotopic (exact) mass is 611 g/mol. The molecule has 0 bridgehead atoms. The van der Waals surface area contributed by atoms with Gasteiger partial charge < -0.3 is 30.1 Å². The van der Waals surface area contributed by atoms with Gasteiger partial charge in [0.05, 0.1) is 11.3 Å². The number of aromatic nitrogens is 1. The number of hydrogen-bond donors (Lipinski definition) is 2. The summed E-state index contributed by atoms with van der Waals surface area (Å²) in [5, 5.41) is 4.95. The highest BCUT2D eigenvalue weighted by Gasteiger charge is 2.24. The van der Waals surface area contributed by atoms with Gasteiger partial charge in [-0.15, -0.1) is 5.06 Å². The maximum atomic E-state index is 13.4. The molecule has 0 aliphatic carbocycles. The number of urea groups is 1. The average molecular weight is 612 g/mol. The van der Waals surface area contributed by atoms with Gasteiger partial charge >= 0.3 is 12.0 Å². The minimum Gasteiger partial charge on any atom is -0.457 e. The summed E-state index contributed by atoms with van der Waals surface area (Å²) in [7, 11) is 0. The van der Waals surface area contributed by atoms with E-state index in [-0.39, 0.29) is 6.04 Å². The van der Waals surface area contributed by atoms with Crippen molar-refractivity contribution in [2.45, 2.75) is 71.9 Å². The molecule has 9 nitrogen and oxygen atoms in total. The third kappa shape index (κ3) is 8.16. The van der Waals surface area contributed by atoms with Crippen molar-refractivity contribution >= 4 is 34.3 Å². The number of rotatable bonds is 11. The Morgan fingerprint density at radius 3 is 2.40 bits per heavy atom. The highest BCUT2D eigenvalue weighted by Crippen LogP contribution is 2.29. The van der Waals surface area contributed by atoms with Gasteiger partial charge in [-0.1, -0.05) is 20.3 Å². The zero-order chi connectivity index (χ0) is 31.8. The predicted molar refractivity (Wildman–Crippen MR) is 180 cm³/mol. The second-order valence-electron chi connectivity index (χ2n) is 11.8. The molecule has 5 rings (SSSR count). The van der Waals surface area contributed by atoms with E-state index in [1.165, 1.54) is 32.4 Å². The summed E-state index contributed by atoms with van der Waals surface area (Å²) >= 11 is 0. The lowest BCUT2D eigenvalue weighted by Gasteiger charge is -2.26. The topological polar surface area (TPSA) is 102 Å². The van der Waals surface area contributed by atoms with E-state index < -0.39 is 12.0 Å². The average Bonchev–Trinajstić information content (AvgIpc) is 3.46. The van der Waals surface area contributed by atoms with Crippen molar-refractivity contribution < 1.29 is 19.2 Å². The Balaban J connectivity index is 1.29. The number of nitrogens with one attached hydrogen (secondary N) is 1. The van der Waals surface area contributed by atoms with E-state index in [9.17, 15) is 9.59 Å². The molecule has 1 aliphatic heterocycles. The van der Waals surface area contributed by atoms with Gasteiger partial charge in [-0.3, -0.25) is 0 Å². The Kier molecular flexibility index (Phi) is 10.6. The van der Waals surface area contributed by atoms with E-state index >= 15 is 0 Å². The lowest BCUT2D eigenvalue weighted by Crippen LogP contribution is -2.45. The molecule has 0 radical (unpaired) electrons. The summed E-state index contributed by atoms with van der Waals surface area (Å²) in [6, 6.07) is 19.3. The van der Waals surface area contributed by atoms with Gasteiger partial charge in [0, 0.05) is 35.4 Å². The summed E-state index contributed by atoms with van der Waals surface area (Å²) in [6.45, 7) is 10.4. The molecular formula is C36H45N5O4. The third-order valence-electron chi connectivity index (χ3n) is 8.50. The second kappa shape index (κ2) is 15.0. The SMILES string of the molecule is CCC(CC)NC(=O)N(OC(=O)c1ccc2c(ccn2CCCN2CCCCC2)c1)c1ccc(Oc2ccc(N)cc2C)cc1. The van der Waals surface area contributed by atoms with E-state index in [4.69, 9.17) is 15.3 Å². The number of nitrogens with two attached hydrogens (primary N) is 1. The van der Waals surface area contributed by atoms with Crippen LogP contribution in [0.4, 0.5) is 16.2 Å². The normalized spacial score (nSPS) is 13.6. The first kappa shape index (κ1) is 31.9. The fourth-order valence-electron chi connectivity index (χ4n) is 5.81. The quantitative estimate of drug-likeness (QED) is 0.133. The van der Waals surface area contributed by atoms with Crippen molar-refractivity contribution in [2.75, 3.05) is 30.4 Å². The summed E-state index contributed by atoms with van der Waals surface area (Å²) < 4.78 is 8.26. The third-order valence-corrected chi connectivity index (χ3v) is 8.50. The van der Waals surface area contributed by atoms with E-state index in [0.717, 1.165) is 53.9 Å². The minimum absolute atomic E-state index is 0.0548. The highest BCUT2D eigenvalue weighted by atomic mass is 16.7. The number of aryl methyl sites for hydroxylation is 2. The molecule has 3 aromatic carbocycles. The van der Waals surface area contributed by atoms with Gasteiger partial charge in [0.2, 0.25) is 0 Å². The van der Waals surface area contributed by atoms with Crippen LogP contribution in [0, 0.1) is 6.92 Å². The summed E-state index contributed by atoms with van der Waals surface area (Å²) in [5.41, 5.74) is 9.27. The van der Waals surface area contributed by atoms with Crippen molar-refractivity contribution in [3.8, 4) is 11.5 Å². The van der Waals surface area contributed by atoms with Crippen LogP contribution in [0.1, 0.15) is 68.3 Å². The highest BCUT2D eigenvalue weighted by molar-refractivity contribution is 5.98. The van der Waals surface area contributed by atoms with Gasteiger partial charge in [-0.05, 0) is 131 Å². The van der Waals surface area contributed by atoms with Crippen molar-refractivity contribution in [1.82, 2.24) is 14.8 Å². The van der Waals surface area contributed by atoms with Gasteiger partial charge in [0.1, 0.15) is 11.5 Å². The van der Waals surface area contributed by atoms with Crippen LogP contribution in [0.3, 0.4) is 0 Å². The molecule has 2 amide bonds. The van der Waals surface area contributed by atoms with Crippen LogP contribution in [-0.4, -0.2) is 47.1 Å². The molecule has 0 unspecified atom stereocenters. The number of ether oxygens (including phenoxy) is 1. The molecule has 2 heterocycles. The molecule has 4 aromatic rings. The number of carbonyl (C=O) groups is 2. The van der Waals surface area contributed by atoms with Crippen molar-refractivity contribution in [2.24, 2.45) is 0 Å². The fraction of sp³-hybridized carbons (Fsp3) is 0.389. The first-order valence-corrected chi connectivity index (χ1v) is 16.1. The van der Waals surface area contributed by atoms with Gasteiger partial charge in [-0.2, -0.15) is 0 Å². The van der Waals surface area contributed by atoms with Gasteiger partial charge in [0.25, 0.3) is 0 Å². The number of hydrogen-bond acceptors (Lipinski definition) is 6. The Hall–Kier alpha value is -4.50. The molecule has 1 saturated heterocycles. The molecule has 1 fully saturated rings. The molecule has 0 saturated carbocycles. The first-order valence-electron chi connectivity index (χ1n) is 16.1. The second-order valence-corrected chi connectivity index (χ2v) is 11.8. The Bertz CT molecular complexity index is 1590. The van der Waals surface area contributed by atoms with Crippen LogP contribution in [0.25, 0.3) is 10.9 Å². The number of amides is 2. The molecule has 1 aromatic heterocycles. The van der Waals surface area contributed by atoms with Crippen LogP contribution < -0.4 is 20.9 Å². The number of benzene rings is 3. The Morgan fingerprint density at radius 1 is 0.933 bits per heavy atom. The number of nitrogens with zero attached hydrogens (tertiary/aromatic N) is 3. The number of anilines is 2. The van der Waals surface area contributed by atoms with Crippen LogP contribution in [0.2, 0.25) is 0 Å². The number of likely N-dealkylation sites (tertiary alicyclic amines) is 1. The predicted octanol–water partition coefficient (Wildman–Crippen LogP) is 7.68. The molecule has 0 spiro atoms. The standard InChI is InChI=1S/C36H45N5O4/c1-4-30(5-2)38-36(43)41(31-12-14-32(15-13-31)44-34-17-11-29(37)24-26(34)3)45-35(42)28-10-16-33-27(25-28)18-23-40(33)22-9-21-39-19-7-6-8-20-39/h10-18,23-25,30H,4-9,19-22,37H2,1-3H3,(H,38,43). The van der Waals surface area contributed by atoms with Crippen LogP contribution in [0.5, 0.6) is 11.5 Å². The molecule has 45 heavy (non-hydrogen) atoms. The lowest BCUT2D eigenvalue weighted by molar-refractivity contribution is 0.0481. The maximum Gasteiger partial charge on any atom is 0.363 e. The number of fused-ring (bicyclic) bond motifs is 1. The van der Waals surface area contributed by atoms with E-state index in [1.54, 1.807) is 36.4 Å². The van der Waals surface area contributed by atoms with Crippen LogP contribution in [0.15, 0.2) is 72.9 Å². The molecule has 1 aliphatic rings. The van der Waals surface area contributed by atoms with E-state index in [1.807, 2.05) is 51.1 Å². The van der Waals surface area contributed by atoms with Crippen LogP contribution in [-0.2, 0) is 11.4 Å². The summed E-state index contributed by atoms with van der Waals surface area (Å²) in [6.07, 6.45) is 8.60. The molecule has 3 N–H and O–H groups in total. The minimum atomic E-state index is -0.618. The van der Waals surface area contributed by atoms with Crippen molar-refractivity contribution in [1.29, 1.82) is 0 Å². The fourth-order valence-corrected chi connectivity index (χ4v) is 5.81. The summed E-state index contributed by atoms with van der Waals surface area (Å²) in [5.74, 6) is 0.634. The molecule has 0 atom stereocenters. The zero-order valence-corrected chi connectivity index (χ0v) is 26.6. The van der Waals surface area contributed by atoms with Crippen LogP contribution >= 0.6 is 0 Å². The summed E-state index contributed by atoms with van der Waals surface area (Å²) in [4.78, 5) is 35.2.